The van der Waals surface area contributed by atoms with Crippen molar-refractivity contribution in [3.05, 3.63) is 59.2 Å². The van der Waals surface area contributed by atoms with E-state index in [-0.39, 0.29) is 11.7 Å². The van der Waals surface area contributed by atoms with Gasteiger partial charge in [0, 0.05) is 49.1 Å². The van der Waals surface area contributed by atoms with Gasteiger partial charge in [-0.2, -0.15) is 0 Å². The van der Waals surface area contributed by atoms with E-state index in [1.54, 1.807) is 18.3 Å². The smallest absolute Gasteiger partial charge is 0.216 e. The lowest BCUT2D eigenvalue weighted by molar-refractivity contribution is -0.118. The average molecular weight is 357 g/mol. The Balaban J connectivity index is 2.03. The number of pyridine rings is 1. The summed E-state index contributed by atoms with van der Waals surface area (Å²) in [4.78, 5) is 16.5. The number of thiol groups is 1. The first kappa shape index (κ1) is 17.5. The van der Waals surface area contributed by atoms with E-state index in [9.17, 15) is 9.18 Å². The second-order valence-electron chi connectivity index (χ2n) is 6.09. The van der Waals surface area contributed by atoms with Gasteiger partial charge in [0.15, 0.2) is 0 Å². The Morgan fingerprint density at radius 1 is 1.32 bits per heavy atom. The molecule has 2 aromatic heterocycles. The zero-order valence-electron chi connectivity index (χ0n) is 14.2. The number of hydrogen-bond acceptors (Lipinski definition) is 3. The van der Waals surface area contributed by atoms with Gasteiger partial charge in [-0.3, -0.25) is 4.79 Å². The van der Waals surface area contributed by atoms with Crippen LogP contribution in [0, 0.1) is 5.82 Å². The molecule has 0 saturated carbocycles. The molecule has 1 N–H and O–H groups in total. The van der Waals surface area contributed by atoms with Gasteiger partial charge >= 0.3 is 0 Å². The topological polar surface area (TPSA) is 46.9 Å². The number of aromatic nitrogens is 2. The number of rotatable bonds is 5. The van der Waals surface area contributed by atoms with Crippen molar-refractivity contribution >= 4 is 29.6 Å². The molecule has 0 saturated heterocycles. The maximum absolute atomic E-state index is 13.2. The Labute approximate surface area is 151 Å². The van der Waals surface area contributed by atoms with Gasteiger partial charge in [0.25, 0.3) is 0 Å². The molecule has 0 bridgehead atoms. The monoisotopic (exact) mass is 357 g/mol. The number of carbonyl (C=O) groups excluding carboxylic acids is 1. The lowest BCUT2D eigenvalue weighted by atomic mass is 10.0. The summed E-state index contributed by atoms with van der Waals surface area (Å²) in [6, 6.07) is 8.53. The third-order valence-electron chi connectivity index (χ3n) is 4.28. The first-order valence-corrected chi connectivity index (χ1v) is 8.54. The third-order valence-corrected chi connectivity index (χ3v) is 4.53. The quantitative estimate of drug-likeness (QED) is 0.689. The number of amides is 1. The van der Waals surface area contributed by atoms with Gasteiger partial charge in [-0.25, -0.2) is 9.37 Å². The highest BCUT2D eigenvalue weighted by molar-refractivity contribution is 7.80. The Morgan fingerprint density at radius 3 is 2.72 bits per heavy atom. The molecule has 0 atom stereocenters. The molecular formula is C19H20FN3OS. The van der Waals surface area contributed by atoms with E-state index in [1.165, 1.54) is 19.1 Å². The first-order chi connectivity index (χ1) is 12.0. The summed E-state index contributed by atoms with van der Waals surface area (Å²) >= 11 is 4.40. The highest BCUT2D eigenvalue weighted by Crippen LogP contribution is 2.28. The number of aryl methyl sites for hydroxylation is 1. The summed E-state index contributed by atoms with van der Waals surface area (Å²) < 4.78 is 15.2. The van der Waals surface area contributed by atoms with Crippen LogP contribution in [0.2, 0.25) is 0 Å². The highest BCUT2D eigenvalue weighted by Gasteiger charge is 2.16. The summed E-state index contributed by atoms with van der Waals surface area (Å²) in [6.07, 6.45) is 3.10. The van der Waals surface area contributed by atoms with Gasteiger partial charge in [-0.05, 0) is 35.7 Å². The number of nitrogens with one attached hydrogen (secondary N) is 1. The van der Waals surface area contributed by atoms with Crippen molar-refractivity contribution in [1.29, 1.82) is 0 Å². The molecule has 1 aromatic carbocycles. The number of nitrogens with zero attached hydrogens (tertiary/aromatic N) is 2. The average Bonchev–Trinajstić information content (AvgIpc) is 2.81. The minimum atomic E-state index is -0.243. The summed E-state index contributed by atoms with van der Waals surface area (Å²) in [5, 5.41) is 3.88. The number of fused-ring (bicyclic) bond motifs is 1. The van der Waals surface area contributed by atoms with Crippen molar-refractivity contribution in [2.45, 2.75) is 24.7 Å². The van der Waals surface area contributed by atoms with Crippen molar-refractivity contribution in [3.8, 4) is 0 Å². The van der Waals surface area contributed by atoms with Crippen LogP contribution in [0.5, 0.6) is 0 Å². The van der Waals surface area contributed by atoms with Gasteiger partial charge in [0.1, 0.15) is 11.5 Å². The molecule has 0 spiro atoms. The summed E-state index contributed by atoms with van der Waals surface area (Å²) in [5.74, 6) is -0.290. The largest absolute Gasteiger partial charge is 0.356 e. The molecule has 6 heteroatoms. The lowest BCUT2D eigenvalue weighted by Crippen LogP contribution is -2.22. The Bertz CT molecular complexity index is 919. The Kier molecular flexibility index (Phi) is 5.08. The van der Waals surface area contributed by atoms with Crippen LogP contribution < -0.4 is 5.32 Å². The van der Waals surface area contributed by atoms with Crippen molar-refractivity contribution < 1.29 is 9.18 Å². The second-order valence-corrected chi connectivity index (χ2v) is 6.60. The van der Waals surface area contributed by atoms with Gasteiger partial charge in [-0.15, -0.1) is 12.6 Å². The fraction of sp³-hybridized carbons (Fsp3) is 0.263. The minimum Gasteiger partial charge on any atom is -0.356 e. The van der Waals surface area contributed by atoms with Crippen LogP contribution in [-0.4, -0.2) is 22.0 Å². The number of hydrogen-bond donors (Lipinski definition) is 2. The van der Waals surface area contributed by atoms with Crippen molar-refractivity contribution in [2.24, 2.45) is 7.05 Å². The number of halogens is 1. The van der Waals surface area contributed by atoms with Crippen LogP contribution in [0.4, 0.5) is 4.39 Å². The molecular weight excluding hydrogens is 337 g/mol. The zero-order chi connectivity index (χ0) is 18.0. The van der Waals surface area contributed by atoms with E-state index in [2.05, 4.69) is 27.5 Å². The van der Waals surface area contributed by atoms with E-state index in [4.69, 9.17) is 0 Å². The van der Waals surface area contributed by atoms with Crippen molar-refractivity contribution in [2.75, 3.05) is 6.54 Å². The van der Waals surface area contributed by atoms with Gasteiger partial charge in [0.2, 0.25) is 5.91 Å². The van der Waals surface area contributed by atoms with Gasteiger partial charge in [-0.1, -0.05) is 12.1 Å². The molecule has 2 heterocycles. The molecule has 0 fully saturated rings. The molecule has 0 unspecified atom stereocenters. The van der Waals surface area contributed by atoms with E-state index in [1.807, 2.05) is 13.1 Å². The lowest BCUT2D eigenvalue weighted by Gasteiger charge is -2.09. The minimum absolute atomic E-state index is 0.0478. The van der Waals surface area contributed by atoms with E-state index >= 15 is 0 Å². The Morgan fingerprint density at radius 2 is 2.04 bits per heavy atom. The van der Waals surface area contributed by atoms with Crippen molar-refractivity contribution in [3.63, 3.8) is 0 Å². The van der Waals surface area contributed by atoms with Gasteiger partial charge < -0.3 is 9.88 Å². The molecule has 0 radical (unpaired) electrons. The molecule has 0 aliphatic heterocycles. The second kappa shape index (κ2) is 7.27. The van der Waals surface area contributed by atoms with E-state index < -0.39 is 0 Å². The standard InChI is InChI=1S/C19H20FN3OS/c1-12(24)21-8-7-16-17-10-15(25)11-22-19(17)23(2)18(16)9-13-3-5-14(20)6-4-13/h3-6,10-11,25H,7-9H2,1-2H3,(H,21,24). The molecule has 1 amide bonds. The van der Waals surface area contributed by atoms with Crippen LogP contribution in [0.15, 0.2) is 41.4 Å². The number of benzene rings is 1. The summed E-state index contributed by atoms with van der Waals surface area (Å²) in [6.45, 7) is 2.07. The van der Waals surface area contributed by atoms with E-state index in [0.717, 1.165) is 32.7 Å². The molecule has 0 aliphatic rings. The van der Waals surface area contributed by atoms with Crippen LogP contribution >= 0.6 is 12.6 Å². The van der Waals surface area contributed by atoms with Crippen molar-refractivity contribution in [1.82, 2.24) is 14.9 Å². The van der Waals surface area contributed by atoms with Crippen LogP contribution in [0.25, 0.3) is 11.0 Å². The van der Waals surface area contributed by atoms with Crippen LogP contribution in [-0.2, 0) is 24.7 Å². The summed E-state index contributed by atoms with van der Waals surface area (Å²) in [5.41, 5.74) is 4.16. The fourth-order valence-corrected chi connectivity index (χ4v) is 3.27. The van der Waals surface area contributed by atoms with Gasteiger partial charge in [0.05, 0.1) is 0 Å². The molecule has 130 valence electrons. The Hall–Kier alpha value is -2.34. The van der Waals surface area contributed by atoms with E-state index in [0.29, 0.717) is 19.4 Å². The fourth-order valence-electron chi connectivity index (χ4n) is 3.08. The number of carbonyl (C=O) groups is 1. The summed E-state index contributed by atoms with van der Waals surface area (Å²) in [7, 11) is 1.98. The maximum Gasteiger partial charge on any atom is 0.216 e. The predicted molar refractivity (Wildman–Crippen MR) is 99.6 cm³/mol. The molecule has 0 aliphatic carbocycles. The normalized spacial score (nSPS) is 11.0. The maximum atomic E-state index is 13.2. The molecule has 25 heavy (non-hydrogen) atoms. The SMILES string of the molecule is CC(=O)NCCc1c(Cc2ccc(F)cc2)n(C)c2ncc(S)cc12. The predicted octanol–water partition coefficient (Wildman–Crippen LogP) is 3.27. The molecule has 3 aromatic rings. The zero-order valence-corrected chi connectivity index (χ0v) is 15.1. The molecule has 3 rings (SSSR count). The van der Waals surface area contributed by atoms with Crippen LogP contribution in [0.3, 0.4) is 0 Å². The first-order valence-electron chi connectivity index (χ1n) is 8.09. The third kappa shape index (κ3) is 3.85. The molecule has 4 nitrogen and oxygen atoms in total. The van der Waals surface area contributed by atoms with Crippen LogP contribution in [0.1, 0.15) is 23.7 Å². The highest BCUT2D eigenvalue weighted by atomic mass is 32.1.